The fourth-order valence-electron chi connectivity index (χ4n) is 2.95. The predicted octanol–water partition coefficient (Wildman–Crippen LogP) is 4.51. The predicted molar refractivity (Wildman–Crippen MR) is 115 cm³/mol. The van der Waals surface area contributed by atoms with Crippen LogP contribution in [0.2, 0.25) is 5.02 Å². The average Bonchev–Trinajstić information content (AvgIpc) is 3.23. The number of fused-ring (bicyclic) bond motifs is 1. The molecule has 0 saturated carbocycles. The number of rotatable bonds is 6. The summed E-state index contributed by atoms with van der Waals surface area (Å²) < 4.78 is 23.8. The van der Waals surface area contributed by atoms with Crippen LogP contribution in [-0.2, 0) is 4.79 Å². The normalized spacial score (nSPS) is 11.7. The number of halogens is 2. The molecule has 9 heteroatoms. The Hall–Kier alpha value is -3.78. The molecule has 0 radical (unpaired) electrons. The number of carbonyl (C=O) groups is 2. The van der Waals surface area contributed by atoms with Crippen LogP contribution in [0.25, 0.3) is 0 Å². The van der Waals surface area contributed by atoms with Crippen molar-refractivity contribution in [2.45, 2.75) is 0 Å². The molecule has 1 heterocycles. The lowest BCUT2D eigenvalue weighted by molar-refractivity contribution is -0.114. The highest BCUT2D eigenvalue weighted by Gasteiger charge is 2.17. The summed E-state index contributed by atoms with van der Waals surface area (Å²) in [5.74, 6) is -0.164. The van der Waals surface area contributed by atoms with Gasteiger partial charge in [0.2, 0.25) is 12.7 Å². The molecule has 0 unspecified atom stereocenters. The average molecular weight is 442 g/mol. The van der Waals surface area contributed by atoms with Crippen LogP contribution in [0.3, 0.4) is 0 Å². The monoisotopic (exact) mass is 441 g/mol. The number of nitrogens with one attached hydrogen (secondary N) is 3. The SMILES string of the molecule is O=C(CNc1ccc(F)c(Cl)c1)Nc1ccccc1C(=O)Nc1ccc2c(c1)OCO2. The number of para-hydroxylation sites is 1. The molecule has 0 saturated heterocycles. The van der Waals surface area contributed by atoms with Crippen LogP contribution in [0, 0.1) is 5.82 Å². The Labute approximate surface area is 182 Å². The minimum absolute atomic E-state index is 0.0454. The highest BCUT2D eigenvalue weighted by molar-refractivity contribution is 6.31. The maximum absolute atomic E-state index is 13.2. The van der Waals surface area contributed by atoms with Gasteiger partial charge < -0.3 is 25.4 Å². The number of hydrogen-bond donors (Lipinski definition) is 3. The van der Waals surface area contributed by atoms with Crippen molar-refractivity contribution in [1.82, 2.24) is 0 Å². The molecule has 3 N–H and O–H groups in total. The summed E-state index contributed by atoms with van der Waals surface area (Å²) in [7, 11) is 0. The van der Waals surface area contributed by atoms with E-state index in [1.54, 1.807) is 42.5 Å². The maximum Gasteiger partial charge on any atom is 0.257 e. The first-order valence-corrected chi connectivity index (χ1v) is 9.66. The Morgan fingerprint density at radius 3 is 2.55 bits per heavy atom. The Balaban J connectivity index is 1.41. The van der Waals surface area contributed by atoms with Crippen LogP contribution in [-0.4, -0.2) is 25.2 Å². The van der Waals surface area contributed by atoms with Gasteiger partial charge >= 0.3 is 0 Å². The van der Waals surface area contributed by atoms with Gasteiger partial charge in [0.15, 0.2) is 11.5 Å². The van der Waals surface area contributed by atoms with Gasteiger partial charge in [0.1, 0.15) is 5.82 Å². The lowest BCUT2D eigenvalue weighted by Crippen LogP contribution is -2.24. The van der Waals surface area contributed by atoms with Gasteiger partial charge in [-0.3, -0.25) is 9.59 Å². The van der Waals surface area contributed by atoms with Gasteiger partial charge in [0, 0.05) is 17.4 Å². The minimum Gasteiger partial charge on any atom is -0.454 e. The minimum atomic E-state index is -0.543. The van der Waals surface area contributed by atoms with Crippen LogP contribution in [0.1, 0.15) is 10.4 Å². The number of ether oxygens (including phenoxy) is 2. The first-order chi connectivity index (χ1) is 15.0. The lowest BCUT2D eigenvalue weighted by atomic mass is 10.1. The van der Waals surface area contributed by atoms with Gasteiger partial charge in [-0.25, -0.2) is 4.39 Å². The molecule has 31 heavy (non-hydrogen) atoms. The first-order valence-electron chi connectivity index (χ1n) is 9.28. The summed E-state index contributed by atoms with van der Waals surface area (Å²) in [5.41, 5.74) is 1.67. The third-order valence-electron chi connectivity index (χ3n) is 4.45. The summed E-state index contributed by atoms with van der Waals surface area (Å²) in [6.07, 6.45) is 0. The van der Waals surface area contributed by atoms with E-state index in [1.807, 2.05) is 0 Å². The third-order valence-corrected chi connectivity index (χ3v) is 4.74. The summed E-state index contributed by atoms with van der Waals surface area (Å²) >= 11 is 5.74. The zero-order chi connectivity index (χ0) is 21.8. The topological polar surface area (TPSA) is 88.7 Å². The molecular formula is C22H17ClFN3O4. The van der Waals surface area contributed by atoms with Gasteiger partial charge in [-0.2, -0.15) is 0 Å². The molecule has 158 valence electrons. The molecule has 0 aromatic heterocycles. The van der Waals surface area contributed by atoms with E-state index in [0.717, 1.165) is 0 Å². The molecule has 1 aliphatic rings. The fraction of sp³-hybridized carbons (Fsp3) is 0.0909. The Morgan fingerprint density at radius 1 is 0.935 bits per heavy atom. The molecule has 1 aliphatic heterocycles. The van der Waals surface area contributed by atoms with E-state index in [-0.39, 0.29) is 24.3 Å². The van der Waals surface area contributed by atoms with Crippen molar-refractivity contribution >= 4 is 40.5 Å². The molecule has 4 rings (SSSR count). The summed E-state index contributed by atoms with van der Waals surface area (Å²) in [4.78, 5) is 25.1. The zero-order valence-corrected chi connectivity index (χ0v) is 16.8. The van der Waals surface area contributed by atoms with Crippen LogP contribution < -0.4 is 25.4 Å². The number of hydrogen-bond acceptors (Lipinski definition) is 5. The highest BCUT2D eigenvalue weighted by Crippen LogP contribution is 2.34. The lowest BCUT2D eigenvalue weighted by Gasteiger charge is -2.12. The third kappa shape index (κ3) is 4.87. The van der Waals surface area contributed by atoms with Gasteiger partial charge in [0.25, 0.3) is 5.91 Å². The Morgan fingerprint density at radius 2 is 1.71 bits per heavy atom. The Kier molecular flexibility index (Phi) is 5.90. The molecule has 0 spiro atoms. The standard InChI is InChI=1S/C22H17ClFN3O4/c23-16-9-13(5-7-17(16)24)25-11-21(28)27-18-4-2-1-3-15(18)22(29)26-14-6-8-19-20(10-14)31-12-30-19/h1-10,25H,11-12H2,(H,26,29)(H,27,28). The zero-order valence-electron chi connectivity index (χ0n) is 16.1. The second kappa shape index (κ2) is 8.93. The molecule has 7 nitrogen and oxygen atoms in total. The molecule has 3 aromatic carbocycles. The molecule has 3 aromatic rings. The largest absolute Gasteiger partial charge is 0.454 e. The first kappa shape index (κ1) is 20.5. The van der Waals surface area contributed by atoms with Crippen molar-refractivity contribution in [3.63, 3.8) is 0 Å². The van der Waals surface area contributed by atoms with Gasteiger partial charge in [-0.15, -0.1) is 0 Å². The van der Waals surface area contributed by atoms with E-state index in [1.165, 1.54) is 18.2 Å². The van der Waals surface area contributed by atoms with E-state index < -0.39 is 11.7 Å². The van der Waals surface area contributed by atoms with Crippen molar-refractivity contribution in [2.24, 2.45) is 0 Å². The van der Waals surface area contributed by atoms with E-state index >= 15 is 0 Å². The maximum atomic E-state index is 13.2. The molecule has 0 bridgehead atoms. The summed E-state index contributed by atoms with van der Waals surface area (Å²) in [5, 5.41) is 8.29. The second-order valence-corrected chi connectivity index (χ2v) is 7.01. The van der Waals surface area contributed by atoms with Crippen molar-refractivity contribution in [3.8, 4) is 11.5 Å². The van der Waals surface area contributed by atoms with E-state index in [9.17, 15) is 14.0 Å². The number of carbonyl (C=O) groups excluding carboxylic acids is 2. The Bertz CT molecular complexity index is 1160. The fourth-order valence-corrected chi connectivity index (χ4v) is 3.13. The number of amides is 2. The highest BCUT2D eigenvalue weighted by atomic mass is 35.5. The second-order valence-electron chi connectivity index (χ2n) is 6.60. The van der Waals surface area contributed by atoms with E-state index in [4.69, 9.17) is 21.1 Å². The molecular weight excluding hydrogens is 425 g/mol. The van der Waals surface area contributed by atoms with Gasteiger partial charge in [0.05, 0.1) is 22.8 Å². The van der Waals surface area contributed by atoms with Crippen molar-refractivity contribution < 1.29 is 23.5 Å². The smallest absolute Gasteiger partial charge is 0.257 e. The van der Waals surface area contributed by atoms with Crippen molar-refractivity contribution in [2.75, 3.05) is 29.3 Å². The molecule has 0 fully saturated rings. The van der Waals surface area contributed by atoms with Crippen molar-refractivity contribution in [3.05, 3.63) is 77.1 Å². The quantitative estimate of drug-likeness (QED) is 0.523. The van der Waals surface area contributed by atoms with Crippen LogP contribution in [0.5, 0.6) is 11.5 Å². The van der Waals surface area contributed by atoms with Crippen LogP contribution >= 0.6 is 11.6 Å². The van der Waals surface area contributed by atoms with Gasteiger partial charge in [-0.1, -0.05) is 23.7 Å². The van der Waals surface area contributed by atoms with Crippen LogP contribution in [0.15, 0.2) is 60.7 Å². The summed E-state index contributed by atoms with van der Waals surface area (Å²) in [6, 6.07) is 15.8. The van der Waals surface area contributed by atoms with Crippen LogP contribution in [0.4, 0.5) is 21.5 Å². The molecule has 0 aliphatic carbocycles. The van der Waals surface area contributed by atoms with Crippen molar-refractivity contribution in [1.29, 1.82) is 0 Å². The van der Waals surface area contributed by atoms with E-state index in [0.29, 0.717) is 34.1 Å². The number of anilines is 3. The van der Waals surface area contributed by atoms with Gasteiger partial charge in [-0.05, 0) is 42.5 Å². The molecule has 2 amide bonds. The molecule has 0 atom stereocenters. The van der Waals surface area contributed by atoms with E-state index in [2.05, 4.69) is 16.0 Å². The number of benzene rings is 3. The summed E-state index contributed by atoms with van der Waals surface area (Å²) in [6.45, 7) is 0.0415.